The first-order chi connectivity index (χ1) is 10.1. The quantitative estimate of drug-likeness (QED) is 0.410. The predicted molar refractivity (Wildman–Crippen MR) is 83.9 cm³/mol. The number of phenolic OH excluding ortho intramolecular Hbond substituents is 5. The maximum Gasteiger partial charge on any atom is 0.204 e. The third kappa shape index (κ3) is 1.93. The Labute approximate surface area is 128 Å². The lowest BCUT2D eigenvalue weighted by Crippen LogP contribution is -1.98. The van der Waals surface area contributed by atoms with Crippen LogP contribution in [0.25, 0.3) is 11.1 Å². The summed E-state index contributed by atoms with van der Waals surface area (Å²) in [6.45, 7) is 8.70. The largest absolute Gasteiger partial charge is 0.507 e. The molecule has 0 radical (unpaired) electrons. The van der Waals surface area contributed by atoms with Crippen molar-refractivity contribution in [2.45, 2.75) is 34.6 Å². The van der Waals surface area contributed by atoms with E-state index in [1.54, 1.807) is 13.8 Å². The Hall–Kier alpha value is -2.56. The minimum Gasteiger partial charge on any atom is -0.507 e. The molecule has 0 aliphatic carbocycles. The summed E-state index contributed by atoms with van der Waals surface area (Å²) in [7, 11) is 0. The molecule has 0 aliphatic rings. The van der Waals surface area contributed by atoms with Gasteiger partial charge in [0, 0.05) is 11.1 Å². The molecule has 5 nitrogen and oxygen atoms in total. The Morgan fingerprint density at radius 3 is 1.36 bits per heavy atom. The standard InChI is InChI=1S/C17H20O5/c1-6-7(2)11(9(4)13(18)8(6)3)12-10(5)14(19)16(21)17(22)15(12)20/h18-22H,1-5H3. The molecule has 0 spiro atoms. The molecule has 118 valence electrons. The summed E-state index contributed by atoms with van der Waals surface area (Å²) in [4.78, 5) is 0. The van der Waals surface area contributed by atoms with Gasteiger partial charge >= 0.3 is 0 Å². The zero-order chi connectivity index (χ0) is 16.9. The van der Waals surface area contributed by atoms with E-state index in [1.165, 1.54) is 6.92 Å². The SMILES string of the molecule is Cc1c(C)c(O)c(C)c(-c2c(C)c(O)c(O)c(O)c2O)c1C. The smallest absolute Gasteiger partial charge is 0.204 e. The third-order valence-electron chi connectivity index (χ3n) is 4.48. The van der Waals surface area contributed by atoms with Crippen LogP contribution in [0.15, 0.2) is 0 Å². The van der Waals surface area contributed by atoms with E-state index in [-0.39, 0.29) is 16.9 Å². The molecule has 0 fully saturated rings. The number of rotatable bonds is 1. The highest BCUT2D eigenvalue weighted by Gasteiger charge is 2.26. The van der Waals surface area contributed by atoms with Crippen LogP contribution in [-0.2, 0) is 0 Å². The molecule has 0 atom stereocenters. The predicted octanol–water partition coefficient (Wildman–Crippen LogP) is 3.42. The van der Waals surface area contributed by atoms with Gasteiger partial charge in [-0.15, -0.1) is 0 Å². The van der Waals surface area contributed by atoms with E-state index in [2.05, 4.69) is 0 Å². The van der Waals surface area contributed by atoms with Crippen molar-refractivity contribution in [1.82, 2.24) is 0 Å². The number of aromatic hydroxyl groups is 5. The second-order valence-corrected chi connectivity index (χ2v) is 5.62. The first-order valence-corrected chi connectivity index (χ1v) is 6.87. The van der Waals surface area contributed by atoms with Crippen LogP contribution in [0.1, 0.15) is 27.8 Å². The third-order valence-corrected chi connectivity index (χ3v) is 4.48. The van der Waals surface area contributed by atoms with Crippen LogP contribution in [0.3, 0.4) is 0 Å². The van der Waals surface area contributed by atoms with Crippen LogP contribution in [0.4, 0.5) is 0 Å². The minimum atomic E-state index is -0.783. The number of phenols is 5. The molecule has 0 saturated carbocycles. The lowest BCUT2D eigenvalue weighted by atomic mass is 9.86. The summed E-state index contributed by atoms with van der Waals surface area (Å²) in [5.41, 5.74) is 3.88. The van der Waals surface area contributed by atoms with E-state index >= 15 is 0 Å². The van der Waals surface area contributed by atoms with Gasteiger partial charge in [-0.3, -0.25) is 0 Å². The zero-order valence-electron chi connectivity index (χ0n) is 13.2. The highest BCUT2D eigenvalue weighted by Crippen LogP contribution is 2.53. The summed E-state index contributed by atoms with van der Waals surface area (Å²) in [6.07, 6.45) is 0. The highest BCUT2D eigenvalue weighted by atomic mass is 16.3. The number of hydrogen-bond acceptors (Lipinski definition) is 5. The Morgan fingerprint density at radius 1 is 0.364 bits per heavy atom. The second-order valence-electron chi connectivity index (χ2n) is 5.62. The molecular formula is C17H20O5. The Morgan fingerprint density at radius 2 is 0.818 bits per heavy atom. The van der Waals surface area contributed by atoms with Gasteiger partial charge < -0.3 is 25.5 Å². The van der Waals surface area contributed by atoms with E-state index in [0.29, 0.717) is 11.1 Å². The molecule has 2 aromatic rings. The number of benzene rings is 2. The molecular weight excluding hydrogens is 284 g/mol. The monoisotopic (exact) mass is 304 g/mol. The van der Waals surface area contributed by atoms with Gasteiger partial charge in [-0.2, -0.15) is 0 Å². The van der Waals surface area contributed by atoms with Crippen molar-refractivity contribution < 1.29 is 25.5 Å². The van der Waals surface area contributed by atoms with E-state index in [1.807, 2.05) is 13.8 Å². The highest BCUT2D eigenvalue weighted by molar-refractivity contribution is 5.87. The molecule has 0 bridgehead atoms. The molecule has 5 heteroatoms. The van der Waals surface area contributed by atoms with Crippen molar-refractivity contribution in [2.75, 3.05) is 0 Å². The van der Waals surface area contributed by atoms with E-state index in [9.17, 15) is 25.5 Å². The fourth-order valence-electron chi connectivity index (χ4n) is 2.82. The van der Waals surface area contributed by atoms with E-state index < -0.39 is 23.0 Å². The van der Waals surface area contributed by atoms with Crippen LogP contribution in [0.2, 0.25) is 0 Å². The molecule has 0 unspecified atom stereocenters. The molecule has 0 aromatic heterocycles. The van der Waals surface area contributed by atoms with Gasteiger partial charge in [0.2, 0.25) is 11.5 Å². The summed E-state index contributed by atoms with van der Waals surface area (Å²) < 4.78 is 0. The first kappa shape index (κ1) is 15.8. The summed E-state index contributed by atoms with van der Waals surface area (Å²) in [5, 5.41) is 49.9. The van der Waals surface area contributed by atoms with E-state index in [0.717, 1.165) is 16.7 Å². The lowest BCUT2D eigenvalue weighted by molar-refractivity contribution is 0.345. The van der Waals surface area contributed by atoms with Gasteiger partial charge in [-0.25, -0.2) is 0 Å². The van der Waals surface area contributed by atoms with Crippen molar-refractivity contribution in [3.63, 3.8) is 0 Å². The molecule has 0 aliphatic heterocycles. The van der Waals surface area contributed by atoms with Gasteiger partial charge in [0.25, 0.3) is 0 Å². The van der Waals surface area contributed by atoms with Crippen molar-refractivity contribution in [2.24, 2.45) is 0 Å². The van der Waals surface area contributed by atoms with Gasteiger partial charge in [0.1, 0.15) is 5.75 Å². The minimum absolute atomic E-state index is 0.101. The Kier molecular flexibility index (Phi) is 3.61. The molecule has 2 aromatic carbocycles. The van der Waals surface area contributed by atoms with Gasteiger partial charge in [-0.1, -0.05) is 0 Å². The van der Waals surface area contributed by atoms with Crippen LogP contribution in [0.5, 0.6) is 28.7 Å². The topological polar surface area (TPSA) is 101 Å². The fraction of sp³-hybridized carbons (Fsp3) is 0.294. The van der Waals surface area contributed by atoms with Crippen molar-refractivity contribution in [1.29, 1.82) is 0 Å². The van der Waals surface area contributed by atoms with Crippen LogP contribution >= 0.6 is 0 Å². The van der Waals surface area contributed by atoms with Gasteiger partial charge in [0.15, 0.2) is 11.5 Å². The zero-order valence-corrected chi connectivity index (χ0v) is 13.2. The Bertz CT molecular complexity index is 665. The lowest BCUT2D eigenvalue weighted by Gasteiger charge is -2.21. The summed E-state index contributed by atoms with van der Waals surface area (Å²) >= 11 is 0. The maximum absolute atomic E-state index is 10.3. The van der Waals surface area contributed by atoms with Gasteiger partial charge in [-0.05, 0) is 62.4 Å². The van der Waals surface area contributed by atoms with E-state index in [4.69, 9.17) is 0 Å². The van der Waals surface area contributed by atoms with Crippen LogP contribution in [0, 0.1) is 34.6 Å². The van der Waals surface area contributed by atoms with Gasteiger partial charge in [0.05, 0.1) is 0 Å². The first-order valence-electron chi connectivity index (χ1n) is 6.87. The fourth-order valence-corrected chi connectivity index (χ4v) is 2.82. The maximum atomic E-state index is 10.3. The average molecular weight is 304 g/mol. The van der Waals surface area contributed by atoms with Crippen LogP contribution in [-0.4, -0.2) is 25.5 Å². The molecule has 0 saturated heterocycles. The van der Waals surface area contributed by atoms with Crippen LogP contribution < -0.4 is 0 Å². The number of hydrogen-bond donors (Lipinski definition) is 5. The molecule has 22 heavy (non-hydrogen) atoms. The molecule has 2 rings (SSSR count). The van der Waals surface area contributed by atoms with Crippen molar-refractivity contribution >= 4 is 0 Å². The average Bonchev–Trinajstić information content (AvgIpc) is 2.50. The van der Waals surface area contributed by atoms with Crippen molar-refractivity contribution in [3.05, 3.63) is 27.8 Å². The molecule has 0 amide bonds. The molecule has 5 N–H and O–H groups in total. The summed E-state index contributed by atoms with van der Waals surface area (Å²) in [5.74, 6) is -2.47. The normalized spacial score (nSPS) is 11.0. The second kappa shape index (κ2) is 5.02. The Balaban J connectivity index is 3.03. The van der Waals surface area contributed by atoms with Crippen molar-refractivity contribution in [3.8, 4) is 39.9 Å². The summed E-state index contributed by atoms with van der Waals surface area (Å²) in [6, 6.07) is 0. The molecule has 0 heterocycles.